The van der Waals surface area contributed by atoms with Crippen LogP contribution in [0.1, 0.15) is 52.4 Å². The number of nitrogens with zero attached hydrogens (tertiary/aromatic N) is 4. The zero-order valence-electron chi connectivity index (χ0n) is 18.1. The third-order valence-electron chi connectivity index (χ3n) is 6.56. The van der Waals surface area contributed by atoms with Crippen molar-refractivity contribution in [2.45, 2.75) is 58.4 Å². The Balaban J connectivity index is 1.50. The molecule has 0 aliphatic heterocycles. The molecule has 3 aromatic rings. The number of hydrogen-bond acceptors (Lipinski definition) is 5. The first kappa shape index (κ1) is 20.4. The van der Waals surface area contributed by atoms with Crippen molar-refractivity contribution in [3.8, 4) is 28.1 Å². The lowest BCUT2D eigenvalue weighted by atomic mass is 9.70. The first-order valence-electron chi connectivity index (χ1n) is 10.9. The van der Waals surface area contributed by atoms with E-state index in [2.05, 4.69) is 46.2 Å². The van der Waals surface area contributed by atoms with Crippen LogP contribution in [0.2, 0.25) is 0 Å². The van der Waals surface area contributed by atoms with E-state index in [9.17, 15) is 5.11 Å². The van der Waals surface area contributed by atoms with Crippen molar-refractivity contribution in [3.05, 3.63) is 42.7 Å². The zero-order chi connectivity index (χ0) is 21.1. The Kier molecular flexibility index (Phi) is 5.75. The number of benzene rings is 1. The van der Waals surface area contributed by atoms with Crippen LogP contribution in [0.4, 0.5) is 5.82 Å². The summed E-state index contributed by atoms with van der Waals surface area (Å²) in [6.45, 7) is 4.71. The van der Waals surface area contributed by atoms with Crippen LogP contribution in [0, 0.1) is 5.41 Å². The SMILES string of the molecule is CCC[C@]1(C)CCC[C@H](N(C)c2ccc(-c3ccc(-c4cn[nH]c4)cc3O)nn2)C1. The minimum Gasteiger partial charge on any atom is -0.507 e. The average molecular weight is 406 g/mol. The number of phenolic OH excluding ortho intramolecular Hbond substituents is 1. The summed E-state index contributed by atoms with van der Waals surface area (Å²) in [6, 6.07) is 10.0. The predicted octanol–water partition coefficient (Wildman–Crippen LogP) is 5.42. The van der Waals surface area contributed by atoms with Gasteiger partial charge in [-0.2, -0.15) is 5.10 Å². The largest absolute Gasteiger partial charge is 0.507 e. The standard InChI is InChI=1S/C24H31N5O/c1-4-11-24(2)12-5-6-19(14-24)29(3)23-10-9-21(27-28-23)20-8-7-17(13-22(20)30)18-15-25-26-16-18/h7-10,13,15-16,19,30H,4-6,11-12,14H2,1-3H3,(H,25,26)/t19-,24+/m0/s1. The highest BCUT2D eigenvalue weighted by molar-refractivity contribution is 5.73. The predicted molar refractivity (Wildman–Crippen MR) is 120 cm³/mol. The summed E-state index contributed by atoms with van der Waals surface area (Å²) in [7, 11) is 2.13. The van der Waals surface area contributed by atoms with E-state index >= 15 is 0 Å². The van der Waals surface area contributed by atoms with Gasteiger partial charge in [0.25, 0.3) is 0 Å². The van der Waals surface area contributed by atoms with Crippen molar-refractivity contribution in [1.82, 2.24) is 20.4 Å². The molecule has 2 heterocycles. The van der Waals surface area contributed by atoms with Gasteiger partial charge in [0.05, 0.1) is 11.9 Å². The van der Waals surface area contributed by atoms with Crippen LogP contribution in [0.3, 0.4) is 0 Å². The van der Waals surface area contributed by atoms with Crippen LogP contribution in [0.15, 0.2) is 42.7 Å². The van der Waals surface area contributed by atoms with E-state index in [0.717, 1.165) is 16.9 Å². The van der Waals surface area contributed by atoms with Gasteiger partial charge in [-0.15, -0.1) is 10.2 Å². The Morgan fingerprint density at radius 3 is 2.73 bits per heavy atom. The Morgan fingerprint density at radius 1 is 1.20 bits per heavy atom. The lowest BCUT2D eigenvalue weighted by Gasteiger charge is -2.42. The second-order valence-corrected chi connectivity index (χ2v) is 8.92. The summed E-state index contributed by atoms with van der Waals surface area (Å²) in [6.07, 6.45) is 11.1. The lowest BCUT2D eigenvalue weighted by molar-refractivity contribution is 0.176. The van der Waals surface area contributed by atoms with E-state index < -0.39 is 0 Å². The fraction of sp³-hybridized carbons (Fsp3) is 0.458. The highest BCUT2D eigenvalue weighted by Gasteiger charge is 2.33. The molecule has 4 rings (SSSR count). The van der Waals surface area contributed by atoms with E-state index in [-0.39, 0.29) is 5.75 Å². The van der Waals surface area contributed by atoms with Crippen molar-refractivity contribution in [2.75, 3.05) is 11.9 Å². The maximum atomic E-state index is 10.5. The minimum absolute atomic E-state index is 0.187. The lowest BCUT2D eigenvalue weighted by Crippen LogP contribution is -2.40. The molecule has 0 unspecified atom stereocenters. The first-order valence-corrected chi connectivity index (χ1v) is 10.9. The third kappa shape index (κ3) is 4.18. The maximum Gasteiger partial charge on any atom is 0.151 e. The van der Waals surface area contributed by atoms with E-state index in [1.54, 1.807) is 18.5 Å². The number of nitrogens with one attached hydrogen (secondary N) is 1. The minimum atomic E-state index is 0.187. The van der Waals surface area contributed by atoms with E-state index in [0.29, 0.717) is 22.7 Å². The Labute approximate surface area is 178 Å². The summed E-state index contributed by atoms with van der Waals surface area (Å²) in [4.78, 5) is 2.28. The quantitative estimate of drug-likeness (QED) is 0.572. The summed E-state index contributed by atoms with van der Waals surface area (Å²) in [5.41, 5.74) is 3.62. The van der Waals surface area contributed by atoms with Crippen molar-refractivity contribution in [3.63, 3.8) is 0 Å². The molecular formula is C24H31N5O. The molecule has 6 heteroatoms. The zero-order valence-corrected chi connectivity index (χ0v) is 18.1. The van der Waals surface area contributed by atoms with Crippen molar-refractivity contribution < 1.29 is 5.11 Å². The van der Waals surface area contributed by atoms with Crippen molar-refractivity contribution in [2.24, 2.45) is 5.41 Å². The number of H-pyrrole nitrogens is 1. The van der Waals surface area contributed by atoms with Crippen molar-refractivity contribution in [1.29, 1.82) is 0 Å². The fourth-order valence-electron chi connectivity index (χ4n) is 4.88. The number of aromatic nitrogens is 4. The van der Waals surface area contributed by atoms with Gasteiger partial charge >= 0.3 is 0 Å². The number of aromatic amines is 1. The molecule has 1 aromatic carbocycles. The molecule has 0 radical (unpaired) electrons. The molecule has 158 valence electrons. The molecule has 0 amide bonds. The van der Waals surface area contributed by atoms with Crippen LogP contribution < -0.4 is 4.90 Å². The summed E-state index contributed by atoms with van der Waals surface area (Å²) in [5, 5.41) is 26.2. The average Bonchev–Trinajstić information content (AvgIpc) is 3.28. The molecule has 0 saturated heterocycles. The van der Waals surface area contributed by atoms with Gasteiger partial charge < -0.3 is 10.0 Å². The third-order valence-corrected chi connectivity index (χ3v) is 6.56. The molecule has 1 fully saturated rings. The molecule has 6 nitrogen and oxygen atoms in total. The van der Waals surface area contributed by atoms with Crippen LogP contribution in [-0.4, -0.2) is 38.6 Å². The fourth-order valence-corrected chi connectivity index (χ4v) is 4.88. The number of phenols is 1. The van der Waals surface area contributed by atoms with Gasteiger partial charge in [0.2, 0.25) is 0 Å². The van der Waals surface area contributed by atoms with E-state index in [1.165, 1.54) is 38.5 Å². The van der Waals surface area contributed by atoms with E-state index in [1.807, 2.05) is 24.3 Å². The van der Waals surface area contributed by atoms with Crippen LogP contribution in [-0.2, 0) is 0 Å². The van der Waals surface area contributed by atoms with Crippen LogP contribution in [0.5, 0.6) is 5.75 Å². The summed E-state index contributed by atoms with van der Waals surface area (Å²) in [5.74, 6) is 1.07. The number of aromatic hydroxyl groups is 1. The van der Waals surface area contributed by atoms with Gasteiger partial charge in [-0.25, -0.2) is 0 Å². The molecule has 1 aliphatic rings. The molecule has 1 aliphatic carbocycles. The van der Waals surface area contributed by atoms with Crippen LogP contribution in [0.25, 0.3) is 22.4 Å². The molecule has 1 saturated carbocycles. The molecule has 2 atom stereocenters. The van der Waals surface area contributed by atoms with Gasteiger partial charge in [0.1, 0.15) is 5.75 Å². The Morgan fingerprint density at radius 2 is 2.07 bits per heavy atom. The van der Waals surface area contributed by atoms with Gasteiger partial charge in [0.15, 0.2) is 5.82 Å². The smallest absolute Gasteiger partial charge is 0.151 e. The molecule has 30 heavy (non-hydrogen) atoms. The monoisotopic (exact) mass is 405 g/mol. The Bertz CT molecular complexity index is 966. The molecular weight excluding hydrogens is 374 g/mol. The molecule has 2 aromatic heterocycles. The number of rotatable bonds is 6. The van der Waals surface area contributed by atoms with E-state index in [4.69, 9.17) is 0 Å². The number of anilines is 1. The van der Waals surface area contributed by atoms with Gasteiger partial charge in [-0.05, 0) is 60.9 Å². The molecule has 0 spiro atoms. The van der Waals surface area contributed by atoms with Crippen molar-refractivity contribution >= 4 is 5.82 Å². The number of hydrogen-bond donors (Lipinski definition) is 2. The normalized spacial score (nSPS) is 21.5. The van der Waals surface area contributed by atoms with Gasteiger partial charge in [-0.1, -0.05) is 32.8 Å². The molecule has 0 bridgehead atoms. The maximum absolute atomic E-state index is 10.5. The topological polar surface area (TPSA) is 77.9 Å². The highest BCUT2D eigenvalue weighted by Crippen LogP contribution is 2.42. The Hall–Kier alpha value is -2.89. The second-order valence-electron chi connectivity index (χ2n) is 8.92. The van der Waals surface area contributed by atoms with Gasteiger partial charge in [0, 0.05) is 30.4 Å². The summed E-state index contributed by atoms with van der Waals surface area (Å²) >= 11 is 0. The molecule has 2 N–H and O–H groups in total. The van der Waals surface area contributed by atoms with Crippen LogP contribution >= 0.6 is 0 Å². The summed E-state index contributed by atoms with van der Waals surface area (Å²) < 4.78 is 0. The highest BCUT2D eigenvalue weighted by atomic mass is 16.3. The second kappa shape index (κ2) is 8.46. The first-order chi connectivity index (χ1) is 14.5. The van der Waals surface area contributed by atoms with Gasteiger partial charge in [-0.3, -0.25) is 5.10 Å².